The van der Waals surface area contributed by atoms with Crippen LogP contribution in [-0.4, -0.2) is 11.1 Å². The summed E-state index contributed by atoms with van der Waals surface area (Å²) in [7, 11) is 0. The van der Waals surface area contributed by atoms with Crippen molar-refractivity contribution in [1.82, 2.24) is 0 Å². The number of carboxylic acid groups (broad SMARTS) is 1. The van der Waals surface area contributed by atoms with Crippen LogP contribution in [0.4, 0.5) is 4.39 Å². The second-order valence-corrected chi connectivity index (χ2v) is 4.36. The monoisotopic (exact) mass is 274 g/mol. The zero-order valence-corrected chi connectivity index (χ0v) is 9.97. The summed E-state index contributed by atoms with van der Waals surface area (Å²) in [6.07, 6.45) is 0.992. The Morgan fingerprint density at radius 1 is 1.53 bits per heavy atom. The summed E-state index contributed by atoms with van der Waals surface area (Å²) in [4.78, 5) is 10.3. The molecule has 0 radical (unpaired) electrons. The van der Waals surface area contributed by atoms with Gasteiger partial charge in [0.2, 0.25) is 0 Å². The third-order valence-electron chi connectivity index (χ3n) is 2.13. The minimum atomic E-state index is -0.845. The summed E-state index contributed by atoms with van der Waals surface area (Å²) in [5, 5.41) is 8.47. The van der Waals surface area contributed by atoms with E-state index in [-0.39, 0.29) is 12.2 Å². The van der Waals surface area contributed by atoms with Crippen LogP contribution < -0.4 is 0 Å². The van der Waals surface area contributed by atoms with Gasteiger partial charge in [-0.05, 0) is 43.0 Å². The molecular formula is C11H12BrFO2. The van der Waals surface area contributed by atoms with Gasteiger partial charge >= 0.3 is 5.97 Å². The first kappa shape index (κ1) is 12.2. The average Bonchev–Trinajstić information content (AvgIpc) is 2.12. The predicted molar refractivity (Wildman–Crippen MR) is 59.4 cm³/mol. The van der Waals surface area contributed by atoms with Crippen LogP contribution in [0.2, 0.25) is 0 Å². The molecule has 0 heterocycles. The Balaban J connectivity index is 2.72. The van der Waals surface area contributed by atoms with Gasteiger partial charge in [0, 0.05) is 10.9 Å². The standard InChI is InChI=1S/C11H12BrFO2/c1-7-5-9(12)6-8(11(7)13)3-2-4-10(14)15/h5-6H,2-4H2,1H3,(H,14,15). The molecule has 0 aliphatic carbocycles. The van der Waals surface area contributed by atoms with E-state index in [4.69, 9.17) is 5.11 Å². The molecule has 0 saturated carbocycles. The van der Waals surface area contributed by atoms with Crippen LogP contribution in [0.3, 0.4) is 0 Å². The van der Waals surface area contributed by atoms with Crippen molar-refractivity contribution >= 4 is 21.9 Å². The molecule has 1 rings (SSSR count). The van der Waals surface area contributed by atoms with Gasteiger partial charge in [-0.3, -0.25) is 4.79 Å². The van der Waals surface area contributed by atoms with Crippen molar-refractivity contribution in [3.8, 4) is 0 Å². The molecule has 2 nitrogen and oxygen atoms in total. The largest absolute Gasteiger partial charge is 0.481 e. The summed E-state index contributed by atoms with van der Waals surface area (Å²) in [5.41, 5.74) is 1.15. The van der Waals surface area contributed by atoms with Crippen molar-refractivity contribution < 1.29 is 14.3 Å². The Morgan fingerprint density at radius 2 is 2.20 bits per heavy atom. The molecule has 0 atom stereocenters. The van der Waals surface area contributed by atoms with E-state index in [9.17, 15) is 9.18 Å². The second-order valence-electron chi connectivity index (χ2n) is 3.44. The molecule has 82 valence electrons. The van der Waals surface area contributed by atoms with Gasteiger partial charge in [0.05, 0.1) is 0 Å². The molecule has 1 aromatic carbocycles. The summed E-state index contributed by atoms with van der Waals surface area (Å²) < 4.78 is 14.4. The molecule has 0 aliphatic heterocycles. The van der Waals surface area contributed by atoms with Gasteiger partial charge in [-0.15, -0.1) is 0 Å². The number of rotatable bonds is 4. The Kier molecular flexibility index (Phi) is 4.27. The van der Waals surface area contributed by atoms with Crippen molar-refractivity contribution in [1.29, 1.82) is 0 Å². The third kappa shape index (κ3) is 3.63. The molecular weight excluding hydrogens is 263 g/mol. The molecule has 0 spiro atoms. The third-order valence-corrected chi connectivity index (χ3v) is 2.59. The maximum absolute atomic E-state index is 13.5. The van der Waals surface area contributed by atoms with Crippen molar-refractivity contribution in [2.24, 2.45) is 0 Å². The first-order valence-electron chi connectivity index (χ1n) is 4.67. The van der Waals surface area contributed by atoms with Gasteiger partial charge < -0.3 is 5.11 Å². The van der Waals surface area contributed by atoms with Crippen LogP contribution in [0.5, 0.6) is 0 Å². The number of benzene rings is 1. The van der Waals surface area contributed by atoms with E-state index in [1.165, 1.54) is 0 Å². The van der Waals surface area contributed by atoms with Crippen molar-refractivity contribution in [3.63, 3.8) is 0 Å². The van der Waals surface area contributed by atoms with Gasteiger partial charge in [-0.25, -0.2) is 4.39 Å². The molecule has 0 saturated heterocycles. The quantitative estimate of drug-likeness (QED) is 0.915. The molecule has 1 aromatic rings. The van der Waals surface area contributed by atoms with E-state index in [0.717, 1.165) is 4.47 Å². The lowest BCUT2D eigenvalue weighted by atomic mass is 10.0. The smallest absolute Gasteiger partial charge is 0.303 e. The highest BCUT2D eigenvalue weighted by Gasteiger charge is 2.07. The number of hydrogen-bond donors (Lipinski definition) is 1. The van der Waals surface area contributed by atoms with E-state index >= 15 is 0 Å². The molecule has 4 heteroatoms. The predicted octanol–water partition coefficient (Wildman–Crippen LogP) is 3.30. The van der Waals surface area contributed by atoms with Gasteiger partial charge in [0.25, 0.3) is 0 Å². The highest BCUT2D eigenvalue weighted by atomic mass is 79.9. The molecule has 0 bridgehead atoms. The molecule has 0 fully saturated rings. The number of carboxylic acids is 1. The Hall–Kier alpha value is -0.900. The minimum Gasteiger partial charge on any atom is -0.481 e. The van der Waals surface area contributed by atoms with Crippen molar-refractivity contribution in [2.45, 2.75) is 26.2 Å². The molecule has 0 amide bonds. The maximum Gasteiger partial charge on any atom is 0.303 e. The summed E-state index contributed by atoms with van der Waals surface area (Å²) >= 11 is 3.28. The zero-order valence-electron chi connectivity index (χ0n) is 8.39. The molecule has 0 unspecified atom stereocenters. The summed E-state index contributed by atoms with van der Waals surface area (Å²) in [6.45, 7) is 1.70. The Labute approximate surface area is 96.2 Å². The fourth-order valence-electron chi connectivity index (χ4n) is 1.41. The van der Waals surface area contributed by atoms with Crippen LogP contribution in [0.25, 0.3) is 0 Å². The maximum atomic E-state index is 13.5. The average molecular weight is 275 g/mol. The minimum absolute atomic E-state index is 0.0744. The molecule has 15 heavy (non-hydrogen) atoms. The SMILES string of the molecule is Cc1cc(Br)cc(CCCC(=O)O)c1F. The Bertz CT molecular complexity index is 377. The fraction of sp³-hybridized carbons (Fsp3) is 0.364. The lowest BCUT2D eigenvalue weighted by Gasteiger charge is -2.05. The number of aliphatic carboxylic acids is 1. The first-order chi connectivity index (χ1) is 7.00. The van der Waals surface area contributed by atoms with Crippen molar-refractivity contribution in [3.05, 3.63) is 33.5 Å². The lowest BCUT2D eigenvalue weighted by molar-refractivity contribution is -0.137. The summed E-state index contributed by atoms with van der Waals surface area (Å²) in [6, 6.07) is 3.40. The van der Waals surface area contributed by atoms with Gasteiger partial charge in [-0.2, -0.15) is 0 Å². The number of aryl methyl sites for hydroxylation is 2. The lowest BCUT2D eigenvalue weighted by Crippen LogP contribution is -1.98. The second kappa shape index (κ2) is 5.26. The summed E-state index contributed by atoms with van der Waals surface area (Å²) in [5.74, 6) is -1.08. The van der Waals surface area contributed by atoms with Gasteiger partial charge in [-0.1, -0.05) is 15.9 Å². The van der Waals surface area contributed by atoms with E-state index in [0.29, 0.717) is 24.0 Å². The Morgan fingerprint density at radius 3 is 2.80 bits per heavy atom. The zero-order chi connectivity index (χ0) is 11.4. The topological polar surface area (TPSA) is 37.3 Å². The molecule has 0 aromatic heterocycles. The van der Waals surface area contributed by atoms with Crippen LogP contribution in [0, 0.1) is 12.7 Å². The van der Waals surface area contributed by atoms with E-state index in [2.05, 4.69) is 15.9 Å². The molecule has 1 N–H and O–H groups in total. The number of hydrogen-bond acceptors (Lipinski definition) is 1. The highest BCUT2D eigenvalue weighted by molar-refractivity contribution is 9.10. The first-order valence-corrected chi connectivity index (χ1v) is 5.46. The van der Waals surface area contributed by atoms with E-state index in [1.54, 1.807) is 19.1 Å². The number of halogens is 2. The van der Waals surface area contributed by atoms with E-state index < -0.39 is 5.97 Å². The highest BCUT2D eigenvalue weighted by Crippen LogP contribution is 2.21. The van der Waals surface area contributed by atoms with Gasteiger partial charge in [0.1, 0.15) is 5.82 Å². The van der Waals surface area contributed by atoms with Crippen LogP contribution in [-0.2, 0) is 11.2 Å². The van der Waals surface area contributed by atoms with Crippen LogP contribution in [0.1, 0.15) is 24.0 Å². The fourth-order valence-corrected chi connectivity index (χ4v) is 2.03. The van der Waals surface area contributed by atoms with E-state index in [1.807, 2.05) is 0 Å². The molecule has 0 aliphatic rings. The number of carbonyl (C=O) groups is 1. The normalized spacial score (nSPS) is 10.3. The van der Waals surface area contributed by atoms with Crippen LogP contribution >= 0.6 is 15.9 Å². The van der Waals surface area contributed by atoms with Gasteiger partial charge in [0.15, 0.2) is 0 Å². The van der Waals surface area contributed by atoms with Crippen molar-refractivity contribution in [2.75, 3.05) is 0 Å². The van der Waals surface area contributed by atoms with Crippen LogP contribution in [0.15, 0.2) is 16.6 Å².